The van der Waals surface area contributed by atoms with Gasteiger partial charge in [0.15, 0.2) is 5.78 Å². The van der Waals surface area contributed by atoms with Crippen LogP contribution >= 0.6 is 0 Å². The summed E-state index contributed by atoms with van der Waals surface area (Å²) >= 11 is 0. The van der Waals surface area contributed by atoms with E-state index in [4.69, 9.17) is 0 Å². The quantitative estimate of drug-likeness (QED) is 0.597. The maximum absolute atomic E-state index is 13.2. The van der Waals surface area contributed by atoms with Crippen molar-refractivity contribution in [3.05, 3.63) is 35.4 Å². The van der Waals surface area contributed by atoms with Gasteiger partial charge in [-0.15, -0.1) is 0 Å². The fourth-order valence-electron chi connectivity index (χ4n) is 5.58. The number of hydrogen-bond donors (Lipinski definition) is 1. The molecular weight excluding hydrogens is 412 g/mol. The molecule has 3 aliphatic rings. The van der Waals surface area contributed by atoms with Crippen LogP contribution in [-0.4, -0.2) is 41.6 Å². The second-order valence-electron chi connectivity index (χ2n) is 10.9. The van der Waals surface area contributed by atoms with Crippen molar-refractivity contribution in [2.24, 2.45) is 17.8 Å². The van der Waals surface area contributed by atoms with E-state index in [1.807, 2.05) is 36.9 Å². The molecule has 2 aliphatic carbocycles. The summed E-state index contributed by atoms with van der Waals surface area (Å²) in [7, 11) is 0. The molecule has 0 aromatic heterocycles. The summed E-state index contributed by atoms with van der Waals surface area (Å²) in [6, 6.07) is 7.44. The number of ketones is 1. The zero-order valence-corrected chi connectivity index (χ0v) is 20.4. The van der Waals surface area contributed by atoms with Crippen molar-refractivity contribution in [3.8, 4) is 0 Å². The average Bonchev–Trinajstić information content (AvgIpc) is 3.66. The second kappa shape index (κ2) is 10.8. The predicted molar refractivity (Wildman–Crippen MR) is 130 cm³/mol. The van der Waals surface area contributed by atoms with Gasteiger partial charge in [0.2, 0.25) is 5.91 Å². The van der Waals surface area contributed by atoms with Gasteiger partial charge < -0.3 is 10.2 Å². The molecule has 2 unspecified atom stereocenters. The van der Waals surface area contributed by atoms with E-state index in [1.54, 1.807) is 0 Å². The van der Waals surface area contributed by atoms with Crippen molar-refractivity contribution in [3.63, 3.8) is 0 Å². The first-order valence-electron chi connectivity index (χ1n) is 13.1. The number of nitrogens with one attached hydrogen (secondary N) is 1. The van der Waals surface area contributed by atoms with Crippen LogP contribution in [0.4, 0.5) is 0 Å². The molecule has 0 spiro atoms. The lowest BCUT2D eigenvalue weighted by Crippen LogP contribution is -2.48. The summed E-state index contributed by atoms with van der Waals surface area (Å²) in [6.07, 6.45) is 10.6. The van der Waals surface area contributed by atoms with Crippen molar-refractivity contribution in [1.82, 2.24) is 10.2 Å². The molecule has 0 bridgehead atoms. The number of amides is 2. The average molecular weight is 453 g/mol. The summed E-state index contributed by atoms with van der Waals surface area (Å²) in [6.45, 7) is 5.43. The monoisotopic (exact) mass is 452 g/mol. The predicted octanol–water partition coefficient (Wildman–Crippen LogP) is 5.10. The van der Waals surface area contributed by atoms with Crippen LogP contribution in [-0.2, 0) is 9.59 Å². The first-order valence-corrected chi connectivity index (χ1v) is 13.1. The summed E-state index contributed by atoms with van der Waals surface area (Å²) in [4.78, 5) is 40.8. The van der Waals surface area contributed by atoms with Gasteiger partial charge in [-0.05, 0) is 68.1 Å². The number of carbonyl (C=O) groups is 3. The minimum absolute atomic E-state index is 0.0926. The number of rotatable bonds is 8. The van der Waals surface area contributed by atoms with E-state index >= 15 is 0 Å². The van der Waals surface area contributed by atoms with Crippen LogP contribution in [0, 0.1) is 17.8 Å². The third-order valence-corrected chi connectivity index (χ3v) is 7.84. The second-order valence-corrected chi connectivity index (χ2v) is 10.9. The minimum Gasteiger partial charge on any atom is -0.342 e. The highest BCUT2D eigenvalue weighted by atomic mass is 16.2. The van der Waals surface area contributed by atoms with Crippen LogP contribution in [0.1, 0.15) is 99.9 Å². The largest absolute Gasteiger partial charge is 0.342 e. The van der Waals surface area contributed by atoms with E-state index in [-0.39, 0.29) is 29.4 Å². The first-order chi connectivity index (χ1) is 15.9. The van der Waals surface area contributed by atoms with E-state index in [1.165, 1.54) is 19.3 Å². The molecule has 2 saturated carbocycles. The van der Waals surface area contributed by atoms with E-state index in [0.717, 1.165) is 57.2 Å². The van der Waals surface area contributed by atoms with Gasteiger partial charge in [-0.2, -0.15) is 0 Å². The van der Waals surface area contributed by atoms with Gasteiger partial charge in [-0.1, -0.05) is 45.2 Å². The molecule has 2 atom stereocenters. The fraction of sp³-hybridized carbons (Fsp3) is 0.679. The molecule has 1 aliphatic heterocycles. The Hall–Kier alpha value is -2.17. The molecule has 33 heavy (non-hydrogen) atoms. The smallest absolute Gasteiger partial charge is 0.251 e. The lowest BCUT2D eigenvalue weighted by molar-refractivity contribution is -0.132. The lowest BCUT2D eigenvalue weighted by Gasteiger charge is -2.33. The first kappa shape index (κ1) is 24.0. The van der Waals surface area contributed by atoms with Crippen LogP contribution in [0.15, 0.2) is 24.3 Å². The Balaban J connectivity index is 1.43. The molecule has 1 N–H and O–H groups in total. The normalized spacial score (nSPS) is 22.8. The number of Topliss-reactive ketones (excluding diaryl/α,β-unsaturated/α-hetero) is 1. The van der Waals surface area contributed by atoms with E-state index < -0.39 is 6.04 Å². The van der Waals surface area contributed by atoms with Crippen LogP contribution in [0.3, 0.4) is 0 Å². The number of likely N-dealkylation sites (tertiary alicyclic amines) is 1. The van der Waals surface area contributed by atoms with Gasteiger partial charge in [0, 0.05) is 36.9 Å². The molecule has 1 heterocycles. The Morgan fingerprint density at radius 2 is 1.76 bits per heavy atom. The highest BCUT2D eigenvalue weighted by molar-refractivity contribution is 5.98. The molecule has 5 nitrogen and oxygen atoms in total. The third-order valence-electron chi connectivity index (χ3n) is 7.84. The van der Waals surface area contributed by atoms with Crippen molar-refractivity contribution < 1.29 is 14.4 Å². The minimum atomic E-state index is -0.397. The van der Waals surface area contributed by atoms with Crippen molar-refractivity contribution >= 4 is 17.6 Å². The Morgan fingerprint density at radius 1 is 1.00 bits per heavy atom. The van der Waals surface area contributed by atoms with Gasteiger partial charge in [0.25, 0.3) is 5.91 Å². The Morgan fingerprint density at radius 3 is 2.45 bits per heavy atom. The molecule has 180 valence electrons. The van der Waals surface area contributed by atoms with Crippen LogP contribution in [0.5, 0.6) is 0 Å². The highest BCUT2D eigenvalue weighted by Crippen LogP contribution is 2.34. The van der Waals surface area contributed by atoms with E-state index in [9.17, 15) is 14.4 Å². The zero-order chi connectivity index (χ0) is 23.4. The topological polar surface area (TPSA) is 66.5 Å². The number of carbonyl (C=O) groups excluding carboxylic acids is 3. The Kier molecular flexibility index (Phi) is 7.87. The maximum Gasteiger partial charge on any atom is 0.251 e. The molecule has 0 radical (unpaired) electrons. The Labute approximate surface area is 198 Å². The SMILES string of the molecule is CC(C)C(=O)C(NC(=O)c1cccc(C2CCCN(C(=O)CC3CC3)C2)c1)C1CCCCC1. The van der Waals surface area contributed by atoms with Crippen LogP contribution < -0.4 is 5.32 Å². The summed E-state index contributed by atoms with van der Waals surface area (Å²) in [5, 5.41) is 3.12. The van der Waals surface area contributed by atoms with Crippen molar-refractivity contribution in [2.45, 2.75) is 90.0 Å². The van der Waals surface area contributed by atoms with Crippen molar-refractivity contribution in [1.29, 1.82) is 0 Å². The maximum atomic E-state index is 13.2. The van der Waals surface area contributed by atoms with Crippen LogP contribution in [0.25, 0.3) is 0 Å². The molecule has 1 aromatic rings. The van der Waals surface area contributed by atoms with Gasteiger partial charge in [0.05, 0.1) is 6.04 Å². The Bertz CT molecular complexity index is 854. The zero-order valence-electron chi connectivity index (χ0n) is 20.4. The standard InChI is InChI=1S/C28H40N2O3/c1-19(2)27(32)26(21-8-4-3-5-9-21)29-28(33)23-11-6-10-22(17-23)24-12-7-15-30(18-24)25(31)16-20-13-14-20/h6,10-11,17,19-21,24,26H,3-5,7-9,12-16,18H2,1-2H3,(H,29,33). The lowest BCUT2D eigenvalue weighted by atomic mass is 9.80. The molecule has 1 aromatic carbocycles. The highest BCUT2D eigenvalue weighted by Gasteiger charge is 2.33. The molecule has 1 saturated heterocycles. The van der Waals surface area contributed by atoms with Gasteiger partial charge >= 0.3 is 0 Å². The third kappa shape index (κ3) is 6.24. The molecule has 5 heteroatoms. The van der Waals surface area contributed by atoms with E-state index in [2.05, 4.69) is 11.4 Å². The number of hydrogen-bond acceptors (Lipinski definition) is 3. The van der Waals surface area contributed by atoms with Gasteiger partial charge in [-0.3, -0.25) is 14.4 Å². The number of piperidine rings is 1. The molecule has 2 amide bonds. The molecule has 3 fully saturated rings. The molecular formula is C28H40N2O3. The van der Waals surface area contributed by atoms with Gasteiger partial charge in [0.1, 0.15) is 0 Å². The summed E-state index contributed by atoms with van der Waals surface area (Å²) in [5.41, 5.74) is 1.74. The number of nitrogens with zero attached hydrogens (tertiary/aromatic N) is 1. The fourth-order valence-corrected chi connectivity index (χ4v) is 5.58. The van der Waals surface area contributed by atoms with Crippen molar-refractivity contribution in [2.75, 3.05) is 13.1 Å². The van der Waals surface area contributed by atoms with Gasteiger partial charge in [-0.25, -0.2) is 0 Å². The number of benzene rings is 1. The van der Waals surface area contributed by atoms with E-state index in [0.29, 0.717) is 23.8 Å². The van der Waals surface area contributed by atoms with Crippen LogP contribution in [0.2, 0.25) is 0 Å². The molecule has 4 rings (SSSR count). The summed E-state index contributed by atoms with van der Waals surface area (Å²) < 4.78 is 0. The summed E-state index contributed by atoms with van der Waals surface area (Å²) in [5.74, 6) is 1.30.